The van der Waals surface area contributed by atoms with Crippen molar-refractivity contribution in [1.29, 1.82) is 0 Å². The molecule has 0 spiro atoms. The summed E-state index contributed by atoms with van der Waals surface area (Å²) in [4.78, 5) is 0. The Bertz CT molecular complexity index is 447. The van der Waals surface area contributed by atoms with E-state index in [1.54, 1.807) is 0 Å². The van der Waals surface area contributed by atoms with E-state index in [1.165, 1.54) is 6.92 Å². The third-order valence-electron chi connectivity index (χ3n) is 3.20. The lowest BCUT2D eigenvalue weighted by Crippen LogP contribution is -2.15. The first-order valence-corrected chi connectivity index (χ1v) is 7.08. The van der Waals surface area contributed by atoms with Crippen LogP contribution in [0.2, 0.25) is 0 Å². The minimum absolute atomic E-state index is 0.489. The lowest BCUT2D eigenvalue weighted by molar-refractivity contribution is 0.180. The molecule has 21 heavy (non-hydrogen) atoms. The Morgan fingerprint density at radius 2 is 1.24 bits per heavy atom. The molecule has 1 aromatic rings. The van der Waals surface area contributed by atoms with Crippen LogP contribution >= 0.6 is 0 Å². The minimum atomic E-state index is -2.18. The SMILES string of the molecule is CCCCCCCC(C)Oc1c(F)c(F)c(F)c(F)c1F. The van der Waals surface area contributed by atoms with E-state index in [4.69, 9.17) is 4.74 Å². The number of ether oxygens (including phenoxy) is 1. The molecule has 1 unspecified atom stereocenters. The van der Waals surface area contributed by atoms with E-state index in [-0.39, 0.29) is 0 Å². The highest BCUT2D eigenvalue weighted by molar-refractivity contribution is 5.29. The van der Waals surface area contributed by atoms with Crippen molar-refractivity contribution in [2.24, 2.45) is 0 Å². The van der Waals surface area contributed by atoms with Crippen molar-refractivity contribution in [2.45, 2.75) is 58.5 Å². The van der Waals surface area contributed by atoms with Crippen LogP contribution in [0.3, 0.4) is 0 Å². The van der Waals surface area contributed by atoms with Gasteiger partial charge in [0.25, 0.3) is 0 Å². The van der Waals surface area contributed by atoms with Crippen LogP contribution in [0.1, 0.15) is 52.4 Å². The van der Waals surface area contributed by atoms with Gasteiger partial charge in [-0.3, -0.25) is 0 Å². The molecule has 0 aromatic heterocycles. The van der Waals surface area contributed by atoms with E-state index >= 15 is 0 Å². The highest BCUT2D eigenvalue weighted by atomic mass is 19.2. The zero-order valence-electron chi connectivity index (χ0n) is 12.1. The summed E-state index contributed by atoms with van der Waals surface area (Å²) < 4.78 is 70.6. The summed E-state index contributed by atoms with van der Waals surface area (Å²) in [6.07, 6.45) is 4.83. The second-order valence-electron chi connectivity index (χ2n) is 5.03. The second kappa shape index (κ2) is 8.20. The Labute approximate surface area is 121 Å². The Kier molecular flexibility index (Phi) is 6.92. The molecule has 120 valence electrons. The molecular formula is C15H19F5O. The molecule has 0 aliphatic heterocycles. The highest BCUT2D eigenvalue weighted by Gasteiger charge is 2.27. The van der Waals surface area contributed by atoms with Gasteiger partial charge in [0.1, 0.15) is 0 Å². The van der Waals surface area contributed by atoms with Crippen LogP contribution in [0.15, 0.2) is 0 Å². The molecule has 0 aliphatic rings. The summed E-state index contributed by atoms with van der Waals surface area (Å²) in [5, 5.41) is 0. The molecular weight excluding hydrogens is 291 g/mol. The number of hydrogen-bond donors (Lipinski definition) is 0. The summed E-state index contributed by atoms with van der Waals surface area (Å²) in [5.74, 6) is -11.2. The van der Waals surface area contributed by atoms with Gasteiger partial charge in [-0.1, -0.05) is 32.6 Å². The van der Waals surface area contributed by atoms with Crippen molar-refractivity contribution in [3.05, 3.63) is 29.1 Å². The molecule has 0 bridgehead atoms. The first kappa shape index (κ1) is 17.7. The fourth-order valence-corrected chi connectivity index (χ4v) is 1.98. The van der Waals surface area contributed by atoms with Crippen LogP contribution in [0.25, 0.3) is 0 Å². The summed E-state index contributed by atoms with van der Waals surface area (Å²) >= 11 is 0. The van der Waals surface area contributed by atoms with Crippen LogP contribution in [0.5, 0.6) is 5.75 Å². The van der Waals surface area contributed by atoms with E-state index in [2.05, 4.69) is 6.92 Å². The van der Waals surface area contributed by atoms with Crippen molar-refractivity contribution in [3.63, 3.8) is 0 Å². The zero-order chi connectivity index (χ0) is 16.0. The standard InChI is InChI=1S/C15H19F5O/c1-3-4-5-6-7-8-9(2)21-15-13(19)11(17)10(16)12(18)14(15)20/h9H,3-8H2,1-2H3. The average molecular weight is 310 g/mol. The first-order chi connectivity index (χ1) is 9.90. The van der Waals surface area contributed by atoms with Crippen molar-refractivity contribution < 1.29 is 26.7 Å². The second-order valence-corrected chi connectivity index (χ2v) is 5.03. The smallest absolute Gasteiger partial charge is 0.206 e. The zero-order valence-corrected chi connectivity index (χ0v) is 12.1. The Morgan fingerprint density at radius 1 is 0.762 bits per heavy atom. The molecule has 0 radical (unpaired) electrons. The van der Waals surface area contributed by atoms with Crippen LogP contribution in [0, 0.1) is 29.1 Å². The molecule has 0 saturated carbocycles. The first-order valence-electron chi connectivity index (χ1n) is 7.08. The topological polar surface area (TPSA) is 9.23 Å². The lowest BCUT2D eigenvalue weighted by Gasteiger charge is -2.16. The Balaban J connectivity index is 2.66. The molecule has 0 aliphatic carbocycles. The van der Waals surface area contributed by atoms with Gasteiger partial charge in [-0.05, 0) is 19.8 Å². The van der Waals surface area contributed by atoms with Gasteiger partial charge in [0.05, 0.1) is 6.10 Å². The van der Waals surface area contributed by atoms with Crippen LogP contribution in [-0.4, -0.2) is 6.10 Å². The molecule has 6 heteroatoms. The summed E-state index contributed by atoms with van der Waals surface area (Å²) in [7, 11) is 0. The van der Waals surface area contributed by atoms with E-state index < -0.39 is 40.9 Å². The number of rotatable bonds is 8. The van der Waals surface area contributed by atoms with E-state index in [0.29, 0.717) is 6.42 Å². The third kappa shape index (κ3) is 4.58. The van der Waals surface area contributed by atoms with E-state index in [1.807, 2.05) is 0 Å². The van der Waals surface area contributed by atoms with Crippen molar-refractivity contribution >= 4 is 0 Å². The molecule has 0 heterocycles. The molecule has 1 aromatic carbocycles. The summed E-state index contributed by atoms with van der Waals surface area (Å²) in [5.41, 5.74) is 0. The summed E-state index contributed by atoms with van der Waals surface area (Å²) in [6.45, 7) is 3.62. The Hall–Kier alpha value is -1.33. The molecule has 0 N–H and O–H groups in total. The molecule has 1 nitrogen and oxygen atoms in total. The predicted octanol–water partition coefficient (Wildman–Crippen LogP) is 5.51. The maximum absolute atomic E-state index is 13.4. The molecule has 0 saturated heterocycles. The maximum atomic E-state index is 13.4. The largest absolute Gasteiger partial charge is 0.485 e. The fourth-order valence-electron chi connectivity index (χ4n) is 1.98. The van der Waals surface area contributed by atoms with Crippen molar-refractivity contribution in [2.75, 3.05) is 0 Å². The van der Waals surface area contributed by atoms with Crippen LogP contribution in [-0.2, 0) is 0 Å². The molecule has 1 atom stereocenters. The van der Waals surface area contributed by atoms with E-state index in [9.17, 15) is 22.0 Å². The van der Waals surface area contributed by atoms with Gasteiger partial charge in [0.2, 0.25) is 29.1 Å². The van der Waals surface area contributed by atoms with Crippen LogP contribution < -0.4 is 4.74 Å². The molecule has 1 rings (SSSR count). The predicted molar refractivity (Wildman–Crippen MR) is 69.7 cm³/mol. The van der Waals surface area contributed by atoms with E-state index in [0.717, 1.165) is 32.1 Å². The quantitative estimate of drug-likeness (QED) is 0.266. The van der Waals surface area contributed by atoms with Crippen molar-refractivity contribution in [3.8, 4) is 5.75 Å². The van der Waals surface area contributed by atoms with Gasteiger partial charge >= 0.3 is 0 Å². The molecule has 0 fully saturated rings. The number of unbranched alkanes of at least 4 members (excludes halogenated alkanes) is 4. The van der Waals surface area contributed by atoms with Gasteiger partial charge in [0.15, 0.2) is 5.75 Å². The Morgan fingerprint density at radius 3 is 1.76 bits per heavy atom. The van der Waals surface area contributed by atoms with Gasteiger partial charge in [-0.25, -0.2) is 13.2 Å². The lowest BCUT2D eigenvalue weighted by atomic mass is 10.1. The van der Waals surface area contributed by atoms with Gasteiger partial charge in [0, 0.05) is 0 Å². The van der Waals surface area contributed by atoms with Crippen molar-refractivity contribution in [1.82, 2.24) is 0 Å². The third-order valence-corrected chi connectivity index (χ3v) is 3.20. The van der Waals surface area contributed by atoms with Gasteiger partial charge < -0.3 is 4.74 Å². The normalized spacial score (nSPS) is 12.5. The number of halogens is 5. The van der Waals surface area contributed by atoms with Gasteiger partial charge in [-0.15, -0.1) is 0 Å². The number of benzene rings is 1. The monoisotopic (exact) mass is 310 g/mol. The highest BCUT2D eigenvalue weighted by Crippen LogP contribution is 2.30. The molecule has 0 amide bonds. The fraction of sp³-hybridized carbons (Fsp3) is 0.600. The maximum Gasteiger partial charge on any atom is 0.206 e. The van der Waals surface area contributed by atoms with Crippen LogP contribution in [0.4, 0.5) is 22.0 Å². The summed E-state index contributed by atoms with van der Waals surface area (Å²) in [6, 6.07) is 0. The minimum Gasteiger partial charge on any atom is -0.485 e. The average Bonchev–Trinajstić information content (AvgIpc) is 2.47. The number of hydrogen-bond acceptors (Lipinski definition) is 1. The van der Waals surface area contributed by atoms with Gasteiger partial charge in [-0.2, -0.15) is 8.78 Å².